The number of hydrogen-bond donors (Lipinski definition) is 1. The second-order valence-corrected chi connectivity index (χ2v) is 4.62. The third-order valence-electron chi connectivity index (χ3n) is 2.97. The molecule has 0 spiro atoms. The highest BCUT2D eigenvalue weighted by Crippen LogP contribution is 2.30. The number of alkyl halides is 1. The van der Waals surface area contributed by atoms with Crippen LogP contribution in [0.2, 0.25) is 0 Å². The zero-order valence-electron chi connectivity index (χ0n) is 9.99. The van der Waals surface area contributed by atoms with Crippen LogP contribution >= 0.6 is 11.6 Å². The van der Waals surface area contributed by atoms with Crippen LogP contribution in [0, 0.1) is 0 Å². The van der Waals surface area contributed by atoms with Gasteiger partial charge in [0.2, 0.25) is 11.8 Å². The molecule has 0 aliphatic carbocycles. The number of hydrogen-bond acceptors (Lipinski definition) is 3. The fraction of sp³-hybridized carbons (Fsp3) is 0.385. The van der Waals surface area contributed by atoms with E-state index >= 15 is 0 Å². The Labute approximate surface area is 111 Å². The molecule has 2 rings (SSSR count). The molecule has 18 heavy (non-hydrogen) atoms. The fourth-order valence-electron chi connectivity index (χ4n) is 2.16. The Morgan fingerprint density at radius 1 is 1.44 bits per heavy atom. The Balaban J connectivity index is 2.29. The highest BCUT2D eigenvalue weighted by Gasteiger charge is 2.31. The van der Waals surface area contributed by atoms with Gasteiger partial charge in [0.25, 0.3) is 0 Å². The molecule has 1 aromatic carbocycles. The van der Waals surface area contributed by atoms with E-state index in [0.29, 0.717) is 12.2 Å². The average molecular weight is 267 g/mol. The first-order valence-corrected chi connectivity index (χ1v) is 6.44. The number of nitrogens with two attached hydrogens (primary N) is 1. The molecule has 0 saturated heterocycles. The molecule has 2 amide bonds. The van der Waals surface area contributed by atoms with E-state index in [2.05, 4.69) is 0 Å². The lowest BCUT2D eigenvalue weighted by Gasteiger charge is -2.15. The molecule has 0 radical (unpaired) electrons. The van der Waals surface area contributed by atoms with Crippen LogP contribution in [-0.4, -0.2) is 24.2 Å². The van der Waals surface area contributed by atoms with Gasteiger partial charge >= 0.3 is 0 Å². The van der Waals surface area contributed by atoms with Gasteiger partial charge in [-0.1, -0.05) is 12.1 Å². The van der Waals surface area contributed by atoms with Gasteiger partial charge in [-0.25, -0.2) is 4.90 Å². The number of nitrogens with zero attached hydrogens (tertiary/aromatic N) is 1. The molecule has 1 aliphatic rings. The Hall–Kier alpha value is -1.39. The lowest BCUT2D eigenvalue weighted by Crippen LogP contribution is -2.33. The largest absolute Gasteiger partial charge is 0.330 e. The van der Waals surface area contributed by atoms with Gasteiger partial charge in [0.05, 0.1) is 12.1 Å². The zero-order valence-corrected chi connectivity index (χ0v) is 10.7. The van der Waals surface area contributed by atoms with Gasteiger partial charge in [0.1, 0.15) is 0 Å². The minimum atomic E-state index is -0.236. The average Bonchev–Trinajstić information content (AvgIpc) is 2.65. The maximum atomic E-state index is 11.9. The first-order valence-electron chi connectivity index (χ1n) is 5.91. The predicted molar refractivity (Wildman–Crippen MR) is 70.7 cm³/mol. The van der Waals surface area contributed by atoms with Crippen LogP contribution in [-0.2, 0) is 22.4 Å². The highest BCUT2D eigenvalue weighted by molar-refractivity contribution is 6.23. The molecular formula is C13H15ClN2O2. The summed E-state index contributed by atoms with van der Waals surface area (Å²) < 4.78 is 0. The summed E-state index contributed by atoms with van der Waals surface area (Å²) >= 11 is 5.54. The van der Waals surface area contributed by atoms with Crippen molar-refractivity contribution < 1.29 is 9.59 Å². The molecule has 2 N–H and O–H groups in total. The summed E-state index contributed by atoms with van der Waals surface area (Å²) in [4.78, 5) is 24.9. The van der Waals surface area contributed by atoms with Crippen LogP contribution in [0.25, 0.3) is 0 Å². The Morgan fingerprint density at radius 2 is 2.22 bits per heavy atom. The number of benzene rings is 1. The van der Waals surface area contributed by atoms with Gasteiger partial charge < -0.3 is 5.73 Å². The Bertz CT molecular complexity index is 488. The van der Waals surface area contributed by atoms with E-state index in [0.717, 1.165) is 17.5 Å². The van der Waals surface area contributed by atoms with E-state index in [1.165, 1.54) is 4.90 Å². The van der Waals surface area contributed by atoms with Crippen LogP contribution in [0.15, 0.2) is 18.2 Å². The lowest BCUT2D eigenvalue weighted by atomic mass is 10.1. The molecule has 0 fully saturated rings. The van der Waals surface area contributed by atoms with E-state index in [9.17, 15) is 9.59 Å². The van der Waals surface area contributed by atoms with Gasteiger partial charge in [-0.2, -0.15) is 0 Å². The van der Waals surface area contributed by atoms with Crippen molar-refractivity contribution >= 4 is 29.1 Å². The van der Waals surface area contributed by atoms with Crippen molar-refractivity contribution in [1.29, 1.82) is 0 Å². The molecule has 4 nitrogen and oxygen atoms in total. The summed E-state index contributed by atoms with van der Waals surface area (Å²) in [6, 6.07) is 5.68. The smallest absolute Gasteiger partial charge is 0.238 e. The fourth-order valence-corrected chi connectivity index (χ4v) is 2.32. The summed E-state index contributed by atoms with van der Waals surface area (Å²) in [7, 11) is 0. The third-order valence-corrected chi connectivity index (χ3v) is 3.16. The minimum absolute atomic E-state index is 0.176. The minimum Gasteiger partial charge on any atom is -0.330 e. The number of rotatable bonds is 4. The SMILES string of the molecule is NCCc1ccc2c(c1)CC(=O)N2C(=O)CCCl. The maximum Gasteiger partial charge on any atom is 0.238 e. The Morgan fingerprint density at radius 3 is 2.89 bits per heavy atom. The van der Waals surface area contributed by atoms with Gasteiger partial charge in [-0.15, -0.1) is 11.6 Å². The van der Waals surface area contributed by atoms with Crippen molar-refractivity contribution in [2.45, 2.75) is 19.3 Å². The third kappa shape index (κ3) is 2.40. The van der Waals surface area contributed by atoms with Gasteiger partial charge in [0, 0.05) is 12.3 Å². The number of imide groups is 1. The molecule has 0 bridgehead atoms. The summed E-state index contributed by atoms with van der Waals surface area (Å²) in [5.41, 5.74) is 8.18. The highest BCUT2D eigenvalue weighted by atomic mass is 35.5. The zero-order chi connectivity index (χ0) is 13.1. The first-order chi connectivity index (χ1) is 8.67. The van der Waals surface area contributed by atoms with E-state index in [-0.39, 0.29) is 30.5 Å². The molecule has 0 aromatic heterocycles. The molecule has 1 aliphatic heterocycles. The second-order valence-electron chi connectivity index (χ2n) is 4.24. The van der Waals surface area contributed by atoms with E-state index < -0.39 is 0 Å². The first kappa shape index (κ1) is 13.1. The number of halogens is 1. The topological polar surface area (TPSA) is 63.4 Å². The summed E-state index contributed by atoms with van der Waals surface area (Å²) in [6.45, 7) is 0.571. The lowest BCUT2D eigenvalue weighted by molar-refractivity contribution is -0.125. The van der Waals surface area contributed by atoms with Crippen LogP contribution < -0.4 is 10.6 Å². The summed E-state index contributed by atoms with van der Waals surface area (Å²) in [5, 5.41) is 0. The number of amides is 2. The molecular weight excluding hydrogens is 252 g/mol. The van der Waals surface area contributed by atoms with Crippen LogP contribution in [0.3, 0.4) is 0 Å². The Kier molecular flexibility index (Phi) is 3.99. The normalized spacial score (nSPS) is 13.9. The van der Waals surface area contributed by atoms with Gasteiger partial charge in [-0.3, -0.25) is 9.59 Å². The van der Waals surface area contributed by atoms with Crippen molar-refractivity contribution in [3.05, 3.63) is 29.3 Å². The number of carbonyl (C=O) groups excluding carboxylic acids is 2. The molecule has 1 aromatic rings. The molecule has 96 valence electrons. The quantitative estimate of drug-likeness (QED) is 0.834. The standard InChI is InChI=1S/C13H15ClN2O2/c14-5-3-12(17)16-11-2-1-9(4-6-15)7-10(11)8-13(16)18/h1-2,7H,3-6,8,15H2. The summed E-state index contributed by atoms with van der Waals surface area (Å²) in [5.74, 6) is -0.186. The predicted octanol–water partition coefficient (Wildman–Crippen LogP) is 1.23. The van der Waals surface area contributed by atoms with Gasteiger partial charge in [0.15, 0.2) is 0 Å². The van der Waals surface area contributed by atoms with Crippen LogP contribution in [0.1, 0.15) is 17.5 Å². The number of carbonyl (C=O) groups is 2. The van der Waals surface area contributed by atoms with Crippen LogP contribution in [0.4, 0.5) is 5.69 Å². The maximum absolute atomic E-state index is 11.9. The van der Waals surface area contributed by atoms with Gasteiger partial charge in [-0.05, 0) is 30.2 Å². The molecule has 0 atom stereocenters. The van der Waals surface area contributed by atoms with Crippen molar-refractivity contribution in [2.75, 3.05) is 17.3 Å². The second kappa shape index (κ2) is 5.50. The number of anilines is 1. The van der Waals surface area contributed by atoms with Crippen LogP contribution in [0.5, 0.6) is 0 Å². The summed E-state index contributed by atoms with van der Waals surface area (Å²) in [6.07, 6.45) is 1.23. The van der Waals surface area contributed by atoms with E-state index in [1.54, 1.807) is 0 Å². The number of fused-ring (bicyclic) bond motifs is 1. The van der Waals surface area contributed by atoms with Crippen molar-refractivity contribution in [2.24, 2.45) is 5.73 Å². The molecule has 0 unspecified atom stereocenters. The van der Waals surface area contributed by atoms with Crippen molar-refractivity contribution in [1.82, 2.24) is 0 Å². The molecule has 0 saturated carbocycles. The molecule has 5 heteroatoms. The van der Waals surface area contributed by atoms with Crippen molar-refractivity contribution in [3.8, 4) is 0 Å². The van der Waals surface area contributed by atoms with E-state index in [1.807, 2.05) is 18.2 Å². The van der Waals surface area contributed by atoms with E-state index in [4.69, 9.17) is 17.3 Å². The monoisotopic (exact) mass is 266 g/mol. The molecule has 1 heterocycles. The van der Waals surface area contributed by atoms with Crippen molar-refractivity contribution in [3.63, 3.8) is 0 Å².